The number of β-amino-alcohol motifs (C(OH)–C–C–N with tert-alkyl or cyclic N) is 1. The van der Waals surface area contributed by atoms with Gasteiger partial charge in [0, 0.05) is 13.2 Å². The van der Waals surface area contributed by atoms with E-state index in [4.69, 9.17) is 4.74 Å². The summed E-state index contributed by atoms with van der Waals surface area (Å²) in [4.78, 5) is 2.41. The van der Waals surface area contributed by atoms with Crippen LogP contribution in [0.5, 0.6) is 0 Å². The monoisotopic (exact) mass is 335 g/mol. The van der Waals surface area contributed by atoms with Crippen LogP contribution >= 0.6 is 0 Å². The van der Waals surface area contributed by atoms with Gasteiger partial charge in [-0.3, -0.25) is 0 Å². The van der Waals surface area contributed by atoms with Gasteiger partial charge in [0.05, 0.1) is 12.7 Å². The maximum atomic E-state index is 10.3. The quantitative estimate of drug-likeness (QED) is 0.720. The average molecular weight is 336 g/mol. The molecule has 138 valence electrons. The molecular formula is C21H37NO2. The van der Waals surface area contributed by atoms with Crippen molar-refractivity contribution in [3.05, 3.63) is 0 Å². The van der Waals surface area contributed by atoms with Gasteiger partial charge in [-0.1, -0.05) is 6.92 Å². The molecule has 5 rings (SSSR count). The van der Waals surface area contributed by atoms with Gasteiger partial charge in [-0.05, 0) is 100.0 Å². The highest BCUT2D eigenvalue weighted by atomic mass is 16.5. The van der Waals surface area contributed by atoms with Crippen molar-refractivity contribution in [1.29, 1.82) is 0 Å². The lowest BCUT2D eigenvalue weighted by Gasteiger charge is -2.57. The Bertz CT molecular complexity index is 381. The molecule has 1 aliphatic heterocycles. The molecule has 3 heteroatoms. The van der Waals surface area contributed by atoms with Crippen LogP contribution < -0.4 is 0 Å². The molecule has 5 aliphatic rings. The standard InChI is InChI=1S/C21H37NO2/c1-16-2-5-22(6-3-16)14-20(23)15-24-7-4-21-11-17-8-18(12-21)10-19(9-17)13-21/h16-20,23H,2-15H2,1H3/t17?,18?,19?,20-,21?/m1/s1. The van der Waals surface area contributed by atoms with Crippen molar-refractivity contribution in [3.63, 3.8) is 0 Å². The summed E-state index contributed by atoms with van der Waals surface area (Å²) in [5.74, 6) is 3.95. The van der Waals surface area contributed by atoms with Crippen molar-refractivity contribution < 1.29 is 9.84 Å². The van der Waals surface area contributed by atoms with Crippen LogP contribution in [0.25, 0.3) is 0 Å². The molecule has 1 heterocycles. The highest BCUT2D eigenvalue weighted by Crippen LogP contribution is 2.61. The number of hydrogen-bond donors (Lipinski definition) is 1. The number of likely N-dealkylation sites (tertiary alicyclic amines) is 1. The number of piperidine rings is 1. The molecule has 4 aliphatic carbocycles. The summed E-state index contributed by atoms with van der Waals surface area (Å²) in [6, 6.07) is 0. The zero-order valence-electron chi connectivity index (χ0n) is 15.6. The van der Waals surface area contributed by atoms with Crippen LogP contribution in [0.4, 0.5) is 0 Å². The Morgan fingerprint density at radius 1 is 1.04 bits per heavy atom. The maximum absolute atomic E-state index is 10.3. The zero-order valence-corrected chi connectivity index (χ0v) is 15.6. The van der Waals surface area contributed by atoms with Gasteiger partial charge in [0.25, 0.3) is 0 Å². The third kappa shape index (κ3) is 3.99. The number of nitrogens with zero attached hydrogens (tertiary/aromatic N) is 1. The molecule has 0 aromatic rings. The van der Waals surface area contributed by atoms with Crippen molar-refractivity contribution in [2.45, 2.75) is 70.8 Å². The Morgan fingerprint density at radius 2 is 1.62 bits per heavy atom. The van der Waals surface area contributed by atoms with Crippen molar-refractivity contribution in [2.75, 3.05) is 32.8 Å². The van der Waals surface area contributed by atoms with Crippen molar-refractivity contribution in [3.8, 4) is 0 Å². The number of aliphatic hydroxyl groups excluding tert-OH is 1. The summed E-state index contributed by atoms with van der Waals surface area (Å²) in [6.45, 7) is 6.81. The van der Waals surface area contributed by atoms with Gasteiger partial charge in [0.15, 0.2) is 0 Å². The van der Waals surface area contributed by atoms with E-state index in [0.29, 0.717) is 12.0 Å². The van der Waals surface area contributed by atoms with Crippen molar-refractivity contribution in [1.82, 2.24) is 4.90 Å². The average Bonchev–Trinajstić information content (AvgIpc) is 2.53. The molecule has 3 nitrogen and oxygen atoms in total. The van der Waals surface area contributed by atoms with E-state index in [1.54, 1.807) is 0 Å². The van der Waals surface area contributed by atoms with Gasteiger partial charge in [0.2, 0.25) is 0 Å². The van der Waals surface area contributed by atoms with E-state index in [-0.39, 0.29) is 6.10 Å². The molecule has 1 N–H and O–H groups in total. The molecule has 0 unspecified atom stereocenters. The minimum atomic E-state index is -0.310. The second kappa shape index (κ2) is 7.25. The smallest absolute Gasteiger partial charge is 0.0900 e. The molecule has 5 fully saturated rings. The summed E-state index contributed by atoms with van der Waals surface area (Å²) in [5, 5.41) is 10.3. The lowest BCUT2D eigenvalue weighted by atomic mass is 9.49. The van der Waals surface area contributed by atoms with E-state index < -0.39 is 0 Å². The minimum Gasteiger partial charge on any atom is -0.389 e. The highest BCUT2D eigenvalue weighted by molar-refractivity contribution is 5.01. The molecule has 0 spiro atoms. The summed E-state index contributed by atoms with van der Waals surface area (Å²) in [7, 11) is 0. The number of rotatable bonds is 7. The van der Waals surface area contributed by atoms with Crippen molar-refractivity contribution >= 4 is 0 Å². The van der Waals surface area contributed by atoms with E-state index in [1.807, 2.05) is 0 Å². The minimum absolute atomic E-state index is 0.310. The lowest BCUT2D eigenvalue weighted by molar-refractivity contribution is -0.0743. The molecule has 1 atom stereocenters. The fourth-order valence-corrected chi connectivity index (χ4v) is 6.70. The van der Waals surface area contributed by atoms with Crippen LogP contribution in [-0.2, 0) is 4.74 Å². The van der Waals surface area contributed by atoms with Crippen LogP contribution in [0, 0.1) is 29.1 Å². The second-order valence-electron chi connectivity index (χ2n) is 9.88. The molecule has 0 amide bonds. The van der Waals surface area contributed by atoms with E-state index in [0.717, 1.165) is 49.9 Å². The van der Waals surface area contributed by atoms with Gasteiger partial charge < -0.3 is 14.7 Å². The van der Waals surface area contributed by atoms with Gasteiger partial charge >= 0.3 is 0 Å². The Kier molecular flexibility index (Phi) is 5.22. The number of hydrogen-bond acceptors (Lipinski definition) is 3. The van der Waals surface area contributed by atoms with E-state index in [9.17, 15) is 5.11 Å². The molecule has 24 heavy (non-hydrogen) atoms. The summed E-state index contributed by atoms with van der Waals surface area (Å²) < 4.78 is 5.92. The first kappa shape index (κ1) is 17.3. The second-order valence-corrected chi connectivity index (χ2v) is 9.88. The molecular weight excluding hydrogens is 298 g/mol. The molecule has 0 radical (unpaired) electrons. The first-order valence-electron chi connectivity index (χ1n) is 10.6. The first-order chi connectivity index (χ1) is 11.6. The zero-order chi connectivity index (χ0) is 16.6. The summed E-state index contributed by atoms with van der Waals surface area (Å²) in [6.07, 6.45) is 12.5. The van der Waals surface area contributed by atoms with Crippen molar-refractivity contribution in [2.24, 2.45) is 29.1 Å². The van der Waals surface area contributed by atoms with Crippen LogP contribution in [0.3, 0.4) is 0 Å². The number of aliphatic hydroxyl groups is 1. The molecule has 1 saturated heterocycles. The SMILES string of the molecule is CC1CCN(C[C@@H](O)COCCC23CC4CC(CC(C4)C2)C3)CC1. The van der Waals surface area contributed by atoms with E-state index in [2.05, 4.69) is 11.8 Å². The summed E-state index contributed by atoms with van der Waals surface area (Å²) in [5.41, 5.74) is 0.614. The third-order valence-electron chi connectivity index (χ3n) is 7.60. The highest BCUT2D eigenvalue weighted by Gasteiger charge is 2.50. The van der Waals surface area contributed by atoms with Gasteiger partial charge in [0.1, 0.15) is 0 Å². The largest absolute Gasteiger partial charge is 0.389 e. The topological polar surface area (TPSA) is 32.7 Å². The Labute approximate surface area is 148 Å². The predicted octanol–water partition coefficient (Wildman–Crippen LogP) is 3.70. The van der Waals surface area contributed by atoms with Gasteiger partial charge in [-0.25, -0.2) is 0 Å². The van der Waals surface area contributed by atoms with Gasteiger partial charge in [-0.2, -0.15) is 0 Å². The molecule has 0 aromatic carbocycles. The third-order valence-corrected chi connectivity index (χ3v) is 7.60. The first-order valence-corrected chi connectivity index (χ1v) is 10.6. The fraction of sp³-hybridized carbons (Fsp3) is 1.00. The van der Waals surface area contributed by atoms with Crippen LogP contribution in [0.2, 0.25) is 0 Å². The fourth-order valence-electron chi connectivity index (χ4n) is 6.70. The Balaban J connectivity index is 1.14. The normalized spacial score (nSPS) is 41.0. The van der Waals surface area contributed by atoms with Crippen LogP contribution in [0.1, 0.15) is 64.7 Å². The maximum Gasteiger partial charge on any atom is 0.0900 e. The van der Waals surface area contributed by atoms with Gasteiger partial charge in [-0.15, -0.1) is 0 Å². The molecule has 4 saturated carbocycles. The Morgan fingerprint density at radius 3 is 2.21 bits per heavy atom. The number of ether oxygens (including phenoxy) is 1. The molecule has 0 aromatic heterocycles. The predicted molar refractivity (Wildman–Crippen MR) is 96.9 cm³/mol. The Hall–Kier alpha value is -0.120. The van der Waals surface area contributed by atoms with E-state index >= 15 is 0 Å². The van der Waals surface area contributed by atoms with E-state index in [1.165, 1.54) is 57.8 Å². The van der Waals surface area contributed by atoms with Crippen LogP contribution in [0.15, 0.2) is 0 Å². The lowest BCUT2D eigenvalue weighted by Crippen LogP contribution is -2.46. The summed E-state index contributed by atoms with van der Waals surface area (Å²) >= 11 is 0. The molecule has 4 bridgehead atoms. The van der Waals surface area contributed by atoms with Crippen LogP contribution in [-0.4, -0.2) is 49.0 Å².